The Kier molecular flexibility index (Phi) is 8.75. The van der Waals surface area contributed by atoms with Gasteiger partial charge in [0.15, 0.2) is 0 Å². The molecule has 0 radical (unpaired) electrons. The van der Waals surface area contributed by atoms with Crippen LogP contribution in [0.25, 0.3) is 0 Å². The molecule has 0 spiro atoms. The van der Waals surface area contributed by atoms with E-state index in [4.69, 9.17) is 0 Å². The van der Waals surface area contributed by atoms with Gasteiger partial charge in [-0.2, -0.15) is 0 Å². The fourth-order valence-electron chi connectivity index (χ4n) is 5.38. The van der Waals surface area contributed by atoms with E-state index < -0.39 is 0 Å². The number of likely N-dealkylation sites (tertiary alicyclic amines) is 1. The van der Waals surface area contributed by atoms with Crippen LogP contribution in [0.15, 0.2) is 54.6 Å². The molecule has 0 unspecified atom stereocenters. The molecule has 2 aromatic carbocycles. The minimum atomic E-state index is -0.0395. The summed E-state index contributed by atoms with van der Waals surface area (Å²) >= 11 is 0. The Hall–Kier alpha value is -2.66. The summed E-state index contributed by atoms with van der Waals surface area (Å²) in [6.45, 7) is 2.19. The smallest absolute Gasteiger partial charge is 0.227 e. The number of hydrogen-bond acceptors (Lipinski definition) is 3. The second kappa shape index (κ2) is 12.2. The zero-order valence-electron chi connectivity index (χ0n) is 20.5. The number of piperidine rings is 1. The molecule has 182 valence electrons. The van der Waals surface area contributed by atoms with Gasteiger partial charge in [0.25, 0.3) is 0 Å². The van der Waals surface area contributed by atoms with Crippen LogP contribution in [0.3, 0.4) is 0 Å². The first-order valence-electron chi connectivity index (χ1n) is 13.0. The lowest BCUT2D eigenvalue weighted by Gasteiger charge is -2.32. The molecule has 1 aliphatic heterocycles. The van der Waals surface area contributed by atoms with Gasteiger partial charge in [-0.15, -0.1) is 0 Å². The quantitative estimate of drug-likeness (QED) is 0.583. The van der Waals surface area contributed by atoms with E-state index in [1.165, 1.54) is 43.2 Å². The van der Waals surface area contributed by atoms with E-state index in [9.17, 15) is 9.59 Å². The van der Waals surface area contributed by atoms with Crippen LogP contribution < -0.4 is 5.32 Å². The fourth-order valence-corrected chi connectivity index (χ4v) is 5.38. The zero-order valence-corrected chi connectivity index (χ0v) is 20.5. The molecule has 1 saturated carbocycles. The molecular weight excluding hydrogens is 422 g/mol. The average molecular weight is 462 g/mol. The van der Waals surface area contributed by atoms with Gasteiger partial charge in [-0.1, -0.05) is 67.8 Å². The molecule has 0 atom stereocenters. The van der Waals surface area contributed by atoms with Gasteiger partial charge in [-0.05, 0) is 56.3 Å². The van der Waals surface area contributed by atoms with Gasteiger partial charge in [0.1, 0.15) is 0 Å². The van der Waals surface area contributed by atoms with Crippen LogP contribution in [0.2, 0.25) is 0 Å². The van der Waals surface area contributed by atoms with Gasteiger partial charge >= 0.3 is 0 Å². The van der Waals surface area contributed by atoms with Gasteiger partial charge < -0.3 is 10.2 Å². The van der Waals surface area contributed by atoms with Gasteiger partial charge in [-0.3, -0.25) is 14.5 Å². The largest absolute Gasteiger partial charge is 0.343 e. The van der Waals surface area contributed by atoms with Gasteiger partial charge in [0.2, 0.25) is 11.8 Å². The van der Waals surface area contributed by atoms with Crippen LogP contribution in [0.5, 0.6) is 0 Å². The molecule has 5 heteroatoms. The first-order chi connectivity index (χ1) is 16.6. The van der Waals surface area contributed by atoms with Crippen molar-refractivity contribution < 1.29 is 9.59 Å². The van der Waals surface area contributed by atoms with E-state index in [2.05, 4.69) is 41.5 Å². The number of anilines is 1. The molecule has 2 amide bonds. The molecule has 1 saturated heterocycles. The maximum Gasteiger partial charge on any atom is 0.227 e. The summed E-state index contributed by atoms with van der Waals surface area (Å²) < 4.78 is 0. The second-order valence-corrected chi connectivity index (χ2v) is 9.99. The van der Waals surface area contributed by atoms with Crippen molar-refractivity contribution >= 4 is 17.5 Å². The van der Waals surface area contributed by atoms with Crippen molar-refractivity contribution in [2.24, 2.45) is 5.92 Å². The summed E-state index contributed by atoms with van der Waals surface area (Å²) in [5, 5.41) is 3.21. The van der Waals surface area contributed by atoms with Crippen molar-refractivity contribution in [2.75, 3.05) is 25.5 Å². The molecule has 2 aliphatic rings. The molecule has 1 aliphatic carbocycles. The Morgan fingerprint density at radius 3 is 2.32 bits per heavy atom. The van der Waals surface area contributed by atoms with E-state index >= 15 is 0 Å². The first-order valence-corrected chi connectivity index (χ1v) is 13.0. The number of benzene rings is 2. The fraction of sp³-hybridized carbons (Fsp3) is 0.517. The van der Waals surface area contributed by atoms with Crippen LogP contribution in [0, 0.1) is 5.92 Å². The number of amides is 2. The maximum atomic E-state index is 13.1. The predicted octanol–water partition coefficient (Wildman–Crippen LogP) is 5.26. The summed E-state index contributed by atoms with van der Waals surface area (Å²) in [6.07, 6.45) is 9.30. The van der Waals surface area contributed by atoms with E-state index in [-0.39, 0.29) is 17.7 Å². The SMILES string of the molecule is CN(Cc1ccccc1NC(=O)C1CCN(C(=O)CCc2ccccc2)CC1)C1CCCCC1. The third kappa shape index (κ3) is 6.69. The molecule has 2 aromatic rings. The number of carbonyl (C=O) groups excluding carboxylic acids is 2. The van der Waals surface area contributed by atoms with Crippen molar-refractivity contribution in [3.63, 3.8) is 0 Å². The first kappa shape index (κ1) is 24.5. The molecule has 1 heterocycles. The minimum absolute atomic E-state index is 0.0395. The highest BCUT2D eigenvalue weighted by Crippen LogP contribution is 2.26. The van der Waals surface area contributed by atoms with E-state index in [0.29, 0.717) is 25.6 Å². The Morgan fingerprint density at radius 1 is 0.912 bits per heavy atom. The highest BCUT2D eigenvalue weighted by molar-refractivity contribution is 5.93. The number of rotatable bonds is 8. The summed E-state index contributed by atoms with van der Waals surface area (Å²) in [6, 6.07) is 19.0. The molecule has 2 fully saturated rings. The minimum Gasteiger partial charge on any atom is -0.343 e. The lowest BCUT2D eigenvalue weighted by Crippen LogP contribution is -2.41. The maximum absolute atomic E-state index is 13.1. The molecule has 4 rings (SSSR count). The van der Waals surface area contributed by atoms with Gasteiger partial charge in [-0.25, -0.2) is 0 Å². The average Bonchev–Trinajstić information content (AvgIpc) is 2.89. The number of nitrogens with one attached hydrogen (secondary N) is 1. The lowest BCUT2D eigenvalue weighted by molar-refractivity contribution is -0.134. The van der Waals surface area contributed by atoms with Crippen molar-refractivity contribution in [1.29, 1.82) is 0 Å². The highest BCUT2D eigenvalue weighted by atomic mass is 16.2. The molecule has 0 bridgehead atoms. The number of nitrogens with zero attached hydrogens (tertiary/aromatic N) is 2. The lowest BCUT2D eigenvalue weighted by atomic mass is 9.94. The van der Waals surface area contributed by atoms with Gasteiger partial charge in [0.05, 0.1) is 0 Å². The van der Waals surface area contributed by atoms with Crippen LogP contribution in [-0.4, -0.2) is 47.8 Å². The van der Waals surface area contributed by atoms with Gasteiger partial charge in [0, 0.05) is 43.7 Å². The third-order valence-electron chi connectivity index (χ3n) is 7.58. The molecular formula is C29H39N3O2. The van der Waals surface area contributed by atoms with E-state index in [1.807, 2.05) is 35.2 Å². The number of para-hydroxylation sites is 1. The Bertz CT molecular complexity index is 931. The summed E-state index contributed by atoms with van der Waals surface area (Å²) in [5.74, 6) is 0.241. The third-order valence-corrected chi connectivity index (χ3v) is 7.58. The Balaban J connectivity index is 1.26. The zero-order chi connectivity index (χ0) is 23.8. The molecule has 0 aromatic heterocycles. The summed E-state index contributed by atoms with van der Waals surface area (Å²) in [7, 11) is 2.21. The standard InChI is InChI=1S/C29H39N3O2/c1-31(26-13-6-3-7-14-26)22-25-12-8-9-15-27(25)30-29(34)24-18-20-32(21-19-24)28(33)17-16-23-10-4-2-5-11-23/h2,4-5,8-12,15,24,26H,3,6-7,13-14,16-22H2,1H3,(H,30,34). The second-order valence-electron chi connectivity index (χ2n) is 9.99. The van der Waals surface area contributed by atoms with Crippen LogP contribution >= 0.6 is 0 Å². The van der Waals surface area contributed by atoms with Crippen molar-refractivity contribution in [3.05, 3.63) is 65.7 Å². The van der Waals surface area contributed by atoms with E-state index in [1.54, 1.807) is 0 Å². The normalized spacial score (nSPS) is 17.6. The van der Waals surface area contributed by atoms with Crippen LogP contribution in [0.1, 0.15) is 62.5 Å². The Labute approximate surface area is 204 Å². The highest BCUT2D eigenvalue weighted by Gasteiger charge is 2.28. The molecule has 5 nitrogen and oxygen atoms in total. The molecule has 34 heavy (non-hydrogen) atoms. The van der Waals surface area contributed by atoms with Crippen molar-refractivity contribution in [3.8, 4) is 0 Å². The Morgan fingerprint density at radius 2 is 1.59 bits per heavy atom. The predicted molar refractivity (Wildman–Crippen MR) is 137 cm³/mol. The van der Waals surface area contributed by atoms with E-state index in [0.717, 1.165) is 31.5 Å². The van der Waals surface area contributed by atoms with Crippen LogP contribution in [0.4, 0.5) is 5.69 Å². The summed E-state index contributed by atoms with van der Waals surface area (Å²) in [4.78, 5) is 30.1. The topological polar surface area (TPSA) is 52.7 Å². The number of carbonyl (C=O) groups is 2. The monoisotopic (exact) mass is 461 g/mol. The molecule has 1 N–H and O–H groups in total. The number of aryl methyl sites for hydroxylation is 1. The number of hydrogen-bond donors (Lipinski definition) is 1. The van der Waals surface area contributed by atoms with Crippen molar-refractivity contribution in [1.82, 2.24) is 9.80 Å². The van der Waals surface area contributed by atoms with Crippen LogP contribution in [-0.2, 0) is 22.6 Å². The van der Waals surface area contributed by atoms with Crippen molar-refractivity contribution in [2.45, 2.75) is 70.4 Å². The summed E-state index contributed by atoms with van der Waals surface area (Å²) in [5.41, 5.74) is 3.30.